The molecule has 0 radical (unpaired) electrons. The fourth-order valence-electron chi connectivity index (χ4n) is 8.14. The van der Waals surface area contributed by atoms with Gasteiger partial charge in [0.1, 0.15) is 0 Å². The molecule has 3 heterocycles. The lowest BCUT2D eigenvalue weighted by Gasteiger charge is -2.11. The lowest BCUT2D eigenvalue weighted by atomic mass is 9.98. The third kappa shape index (κ3) is 8.33. The summed E-state index contributed by atoms with van der Waals surface area (Å²) >= 11 is 1.82. The van der Waals surface area contributed by atoms with Gasteiger partial charge < -0.3 is 0 Å². The van der Waals surface area contributed by atoms with Crippen molar-refractivity contribution >= 4 is 31.5 Å². The zero-order valence-corrected chi connectivity index (χ0v) is 37.4. The average Bonchev–Trinajstić information content (AvgIpc) is 3.75. The Hall–Kier alpha value is -8.00. The van der Waals surface area contributed by atoms with Crippen LogP contribution in [0.2, 0.25) is 0 Å². The molecule has 0 aliphatic carbocycles. The zero-order chi connectivity index (χ0) is 44.3. The zero-order valence-electron chi connectivity index (χ0n) is 36.6. The summed E-state index contributed by atoms with van der Waals surface area (Å²) in [4.78, 5) is 30.0. The first-order valence-corrected chi connectivity index (χ1v) is 22.8. The Labute approximate surface area is 383 Å². The van der Waals surface area contributed by atoms with Gasteiger partial charge in [-0.05, 0) is 83.6 Å². The maximum Gasteiger partial charge on any atom is 0.164 e. The Morgan fingerprint density at radius 3 is 1.02 bits per heavy atom. The number of nitrogens with zero attached hydrogens (tertiary/aromatic N) is 6. The standard InChI is InChI=1S/C56H38N6S.C2H6/c1-35-15-9-11-25-45(35)55-59-51(37-17-5-3-6-18-37)57-53(61-55)43-23-13-21-39(31-43)41-27-29-49-47(33-41)48-34-42(28-30-50(48)63-49)40-22-14-24-44(32-40)54-58-52(38-19-7-4-8-20-38)60-56(62-54)46-26-12-10-16-36(46)2;1-2/h3-34H,1-2H3;1-2H3. The van der Waals surface area contributed by atoms with Gasteiger partial charge in [-0.2, -0.15) is 0 Å². The fourth-order valence-corrected chi connectivity index (χ4v) is 9.21. The molecule has 11 aromatic rings. The highest BCUT2D eigenvalue weighted by Crippen LogP contribution is 2.40. The van der Waals surface area contributed by atoms with E-state index in [0.717, 1.165) is 66.8 Å². The molecule has 0 saturated carbocycles. The molecule has 65 heavy (non-hydrogen) atoms. The molecule has 3 aromatic heterocycles. The van der Waals surface area contributed by atoms with Gasteiger partial charge in [-0.25, -0.2) is 29.9 Å². The normalized spacial score (nSPS) is 11.1. The summed E-state index contributed by atoms with van der Waals surface area (Å²) < 4.78 is 2.48. The van der Waals surface area contributed by atoms with Crippen LogP contribution in [0.5, 0.6) is 0 Å². The summed E-state index contributed by atoms with van der Waals surface area (Å²) in [5, 5.41) is 2.44. The van der Waals surface area contributed by atoms with Crippen molar-refractivity contribution in [1.82, 2.24) is 29.9 Å². The maximum atomic E-state index is 5.05. The summed E-state index contributed by atoms with van der Waals surface area (Å²) in [6.07, 6.45) is 0. The summed E-state index contributed by atoms with van der Waals surface area (Å²) in [7, 11) is 0. The second-order valence-electron chi connectivity index (χ2n) is 15.7. The van der Waals surface area contributed by atoms with Crippen molar-refractivity contribution in [1.29, 1.82) is 0 Å². The number of fused-ring (bicyclic) bond motifs is 3. The number of aryl methyl sites for hydroxylation is 2. The molecule has 312 valence electrons. The third-order valence-corrected chi connectivity index (χ3v) is 12.6. The highest BCUT2D eigenvalue weighted by Gasteiger charge is 2.17. The summed E-state index contributed by atoms with van der Waals surface area (Å²) in [5.74, 6) is 3.89. The largest absolute Gasteiger partial charge is 0.208 e. The minimum absolute atomic E-state index is 0.637. The van der Waals surface area contributed by atoms with E-state index in [2.05, 4.69) is 123 Å². The van der Waals surface area contributed by atoms with Crippen LogP contribution >= 0.6 is 11.3 Å². The van der Waals surface area contributed by atoms with E-state index in [-0.39, 0.29) is 0 Å². The maximum absolute atomic E-state index is 5.05. The van der Waals surface area contributed by atoms with Crippen LogP contribution in [-0.4, -0.2) is 29.9 Å². The topological polar surface area (TPSA) is 77.3 Å². The molecule has 0 N–H and O–H groups in total. The second kappa shape index (κ2) is 18.0. The Balaban J connectivity index is 0.00000246. The van der Waals surface area contributed by atoms with Gasteiger partial charge in [0.2, 0.25) is 0 Å². The molecule has 0 fully saturated rings. The monoisotopic (exact) mass is 856 g/mol. The molecule has 0 bridgehead atoms. The van der Waals surface area contributed by atoms with Crippen molar-refractivity contribution in [2.75, 3.05) is 0 Å². The minimum atomic E-state index is 0.637. The van der Waals surface area contributed by atoms with E-state index in [9.17, 15) is 0 Å². The molecule has 6 nitrogen and oxygen atoms in total. The first-order chi connectivity index (χ1) is 32.0. The van der Waals surface area contributed by atoms with Crippen LogP contribution < -0.4 is 0 Å². The van der Waals surface area contributed by atoms with Crippen LogP contribution in [0.25, 0.3) is 111 Å². The molecule has 0 aliphatic heterocycles. The van der Waals surface area contributed by atoms with Gasteiger partial charge in [-0.15, -0.1) is 11.3 Å². The van der Waals surface area contributed by atoms with Gasteiger partial charge in [0, 0.05) is 53.6 Å². The third-order valence-electron chi connectivity index (χ3n) is 11.5. The van der Waals surface area contributed by atoms with Crippen LogP contribution in [0.4, 0.5) is 0 Å². The van der Waals surface area contributed by atoms with E-state index in [0.29, 0.717) is 34.9 Å². The van der Waals surface area contributed by atoms with Gasteiger partial charge in [0.15, 0.2) is 34.9 Å². The number of hydrogen-bond acceptors (Lipinski definition) is 7. The Kier molecular flexibility index (Phi) is 11.4. The number of benzene rings is 8. The minimum Gasteiger partial charge on any atom is -0.208 e. The molecule has 8 aromatic carbocycles. The lowest BCUT2D eigenvalue weighted by Crippen LogP contribution is -2.01. The molecule has 7 heteroatoms. The molecule has 0 aliphatic rings. The molecule has 11 rings (SSSR count). The first-order valence-electron chi connectivity index (χ1n) is 21.9. The van der Waals surface area contributed by atoms with Gasteiger partial charge in [0.05, 0.1) is 0 Å². The fraction of sp³-hybridized carbons (Fsp3) is 0.0690. The molecule has 0 saturated heterocycles. The molecule has 0 spiro atoms. The predicted molar refractivity (Wildman–Crippen MR) is 270 cm³/mol. The number of rotatable bonds is 8. The van der Waals surface area contributed by atoms with Crippen LogP contribution in [0.3, 0.4) is 0 Å². The Bertz CT molecular complexity index is 3260. The predicted octanol–water partition coefficient (Wildman–Crippen LogP) is 15.4. The van der Waals surface area contributed by atoms with Crippen LogP contribution in [0.15, 0.2) is 194 Å². The number of hydrogen-bond donors (Lipinski definition) is 0. The van der Waals surface area contributed by atoms with E-state index in [4.69, 9.17) is 29.9 Å². The van der Waals surface area contributed by atoms with E-state index in [1.807, 2.05) is 110 Å². The molecular weight excluding hydrogens is 813 g/mol. The van der Waals surface area contributed by atoms with E-state index in [1.165, 1.54) is 20.2 Å². The average molecular weight is 857 g/mol. The van der Waals surface area contributed by atoms with E-state index < -0.39 is 0 Å². The molecule has 0 unspecified atom stereocenters. The quantitative estimate of drug-likeness (QED) is 0.151. The summed E-state index contributed by atoms with van der Waals surface area (Å²) in [5.41, 5.74) is 12.4. The molecule has 0 atom stereocenters. The van der Waals surface area contributed by atoms with Crippen LogP contribution in [0, 0.1) is 13.8 Å². The van der Waals surface area contributed by atoms with Crippen molar-refractivity contribution < 1.29 is 0 Å². The van der Waals surface area contributed by atoms with Gasteiger partial charge in [-0.1, -0.05) is 172 Å². The lowest BCUT2D eigenvalue weighted by molar-refractivity contribution is 1.07. The molecular formula is C58H44N6S. The SMILES string of the molecule is CC.Cc1ccccc1-c1nc(-c2ccccc2)nc(-c2cccc(-c3ccc4sc5ccc(-c6cccc(-c7nc(-c8ccccc8)nc(-c8ccccc8C)n7)c6)cc5c4c3)c2)n1. The Morgan fingerprint density at radius 2 is 0.600 bits per heavy atom. The smallest absolute Gasteiger partial charge is 0.164 e. The van der Waals surface area contributed by atoms with Crippen molar-refractivity contribution in [3.8, 4) is 90.6 Å². The van der Waals surface area contributed by atoms with Crippen LogP contribution in [-0.2, 0) is 0 Å². The summed E-state index contributed by atoms with van der Waals surface area (Å²) in [6.45, 7) is 8.18. The highest BCUT2D eigenvalue weighted by molar-refractivity contribution is 7.25. The van der Waals surface area contributed by atoms with Crippen molar-refractivity contribution in [2.24, 2.45) is 0 Å². The van der Waals surface area contributed by atoms with E-state index in [1.54, 1.807) is 0 Å². The Morgan fingerprint density at radius 1 is 0.277 bits per heavy atom. The van der Waals surface area contributed by atoms with Crippen molar-refractivity contribution in [3.63, 3.8) is 0 Å². The van der Waals surface area contributed by atoms with Crippen molar-refractivity contribution in [2.45, 2.75) is 27.7 Å². The second-order valence-corrected chi connectivity index (χ2v) is 16.7. The molecule has 0 amide bonds. The summed E-state index contributed by atoms with van der Waals surface area (Å²) in [6, 6.07) is 67.3. The van der Waals surface area contributed by atoms with Crippen molar-refractivity contribution in [3.05, 3.63) is 205 Å². The highest BCUT2D eigenvalue weighted by atomic mass is 32.1. The van der Waals surface area contributed by atoms with Gasteiger partial charge >= 0.3 is 0 Å². The number of thiophene rings is 1. The first kappa shape index (κ1) is 41.0. The number of aromatic nitrogens is 6. The van der Waals surface area contributed by atoms with E-state index >= 15 is 0 Å². The van der Waals surface area contributed by atoms with Gasteiger partial charge in [0.25, 0.3) is 0 Å². The van der Waals surface area contributed by atoms with Gasteiger partial charge in [-0.3, -0.25) is 0 Å². The van der Waals surface area contributed by atoms with Crippen LogP contribution in [0.1, 0.15) is 25.0 Å².